The van der Waals surface area contributed by atoms with Gasteiger partial charge in [0.15, 0.2) is 5.16 Å². The second kappa shape index (κ2) is 8.70. The summed E-state index contributed by atoms with van der Waals surface area (Å²) < 4.78 is 2.26. The zero-order valence-electron chi connectivity index (χ0n) is 18.2. The van der Waals surface area contributed by atoms with E-state index in [4.69, 9.17) is 0 Å². The largest absolute Gasteiger partial charge is 0.311 e. The molecule has 9 heteroatoms. The summed E-state index contributed by atoms with van der Waals surface area (Å²) in [5.74, 6) is 1.50. The molecule has 0 N–H and O–H groups in total. The van der Waals surface area contributed by atoms with Crippen LogP contribution in [0.25, 0.3) is 11.3 Å². The van der Waals surface area contributed by atoms with Gasteiger partial charge in [0.25, 0.3) is 0 Å². The fourth-order valence-corrected chi connectivity index (χ4v) is 6.54. The van der Waals surface area contributed by atoms with E-state index in [1.54, 1.807) is 22.7 Å². The van der Waals surface area contributed by atoms with E-state index in [1.807, 2.05) is 11.8 Å². The number of thiazole rings is 1. The van der Waals surface area contributed by atoms with Gasteiger partial charge in [-0.15, -0.1) is 32.9 Å². The number of aryl methyl sites for hydroxylation is 1. The molecule has 6 rings (SSSR count). The zero-order valence-corrected chi connectivity index (χ0v) is 20.7. The van der Waals surface area contributed by atoms with Gasteiger partial charge in [-0.05, 0) is 55.3 Å². The van der Waals surface area contributed by atoms with Crippen molar-refractivity contribution in [2.24, 2.45) is 0 Å². The first kappa shape index (κ1) is 21.1. The molecule has 6 nitrogen and oxygen atoms in total. The quantitative estimate of drug-likeness (QED) is 0.324. The maximum Gasteiger partial charge on any atom is 0.237 e. The first-order valence-corrected chi connectivity index (χ1v) is 13.8. The summed E-state index contributed by atoms with van der Waals surface area (Å²) in [6.07, 6.45) is 4.01. The van der Waals surface area contributed by atoms with Crippen molar-refractivity contribution in [1.29, 1.82) is 0 Å². The highest BCUT2D eigenvalue weighted by atomic mass is 32.2. The summed E-state index contributed by atoms with van der Waals surface area (Å²) >= 11 is 4.92. The number of amides is 1. The molecule has 1 fully saturated rings. The fourth-order valence-electron chi connectivity index (χ4n) is 4.32. The Bertz CT molecular complexity index is 1310. The summed E-state index contributed by atoms with van der Waals surface area (Å²) in [6, 6.07) is 11.0. The van der Waals surface area contributed by atoms with Gasteiger partial charge in [-0.25, -0.2) is 4.98 Å². The van der Waals surface area contributed by atoms with Crippen molar-refractivity contribution in [2.75, 3.05) is 17.2 Å². The molecule has 0 unspecified atom stereocenters. The van der Waals surface area contributed by atoms with Crippen molar-refractivity contribution in [2.45, 2.75) is 43.8 Å². The summed E-state index contributed by atoms with van der Waals surface area (Å²) in [4.78, 5) is 20.9. The molecule has 1 aliphatic carbocycles. The van der Waals surface area contributed by atoms with Crippen LogP contribution in [0.4, 0.5) is 5.69 Å². The molecule has 1 saturated carbocycles. The molecule has 0 spiro atoms. The minimum absolute atomic E-state index is 0.126. The van der Waals surface area contributed by atoms with E-state index in [0.717, 1.165) is 65.2 Å². The lowest BCUT2D eigenvalue weighted by molar-refractivity contribution is -0.116. The van der Waals surface area contributed by atoms with Crippen molar-refractivity contribution >= 4 is 46.0 Å². The third-order valence-electron chi connectivity index (χ3n) is 6.08. The predicted molar refractivity (Wildman–Crippen MR) is 134 cm³/mol. The van der Waals surface area contributed by atoms with E-state index >= 15 is 0 Å². The first-order valence-electron chi connectivity index (χ1n) is 11.1. The highest BCUT2D eigenvalue weighted by Crippen LogP contribution is 2.40. The van der Waals surface area contributed by atoms with Crippen LogP contribution in [0.5, 0.6) is 0 Å². The molecule has 4 aromatic rings. The number of fused-ring (bicyclic) bond motifs is 1. The maximum absolute atomic E-state index is 13.1. The Labute approximate surface area is 204 Å². The molecule has 1 aliphatic heterocycles. The Morgan fingerprint density at radius 2 is 2.12 bits per heavy atom. The lowest BCUT2D eigenvalue weighted by Crippen LogP contribution is -2.30. The van der Waals surface area contributed by atoms with Gasteiger partial charge in [-0.2, -0.15) is 0 Å². The molecule has 0 saturated heterocycles. The second-order valence-corrected chi connectivity index (χ2v) is 11.5. The molecule has 0 radical (unpaired) electrons. The Morgan fingerprint density at radius 1 is 1.21 bits per heavy atom. The zero-order chi connectivity index (χ0) is 22.4. The van der Waals surface area contributed by atoms with Gasteiger partial charge in [0.1, 0.15) is 5.82 Å². The SMILES string of the molecule is Cc1nc(-c2ccc3c(c2)CCN3C(=O)CSc2nnc(Cc3cccs3)n2C2CC2)cs1. The van der Waals surface area contributed by atoms with Crippen LogP contribution in [0.1, 0.15) is 40.2 Å². The normalized spacial score (nSPS) is 15.2. The molecule has 33 heavy (non-hydrogen) atoms. The van der Waals surface area contributed by atoms with Gasteiger partial charge in [0.05, 0.1) is 16.5 Å². The smallest absolute Gasteiger partial charge is 0.237 e. The minimum Gasteiger partial charge on any atom is -0.311 e. The highest BCUT2D eigenvalue weighted by Gasteiger charge is 2.31. The Balaban J connectivity index is 1.16. The van der Waals surface area contributed by atoms with Gasteiger partial charge in [0.2, 0.25) is 5.91 Å². The molecule has 168 valence electrons. The topological polar surface area (TPSA) is 63.9 Å². The van der Waals surface area contributed by atoms with Crippen LogP contribution in [0.3, 0.4) is 0 Å². The molecule has 1 amide bonds. The van der Waals surface area contributed by atoms with Gasteiger partial charge in [-0.1, -0.05) is 23.9 Å². The summed E-state index contributed by atoms with van der Waals surface area (Å²) in [6.45, 7) is 2.75. The number of hydrogen-bond donors (Lipinski definition) is 0. The van der Waals surface area contributed by atoms with Crippen LogP contribution in [0.15, 0.2) is 46.2 Å². The highest BCUT2D eigenvalue weighted by molar-refractivity contribution is 7.99. The van der Waals surface area contributed by atoms with Crippen molar-refractivity contribution in [1.82, 2.24) is 19.7 Å². The number of aromatic nitrogens is 4. The lowest BCUT2D eigenvalue weighted by Gasteiger charge is -2.17. The molecule has 3 aromatic heterocycles. The number of anilines is 1. The maximum atomic E-state index is 13.1. The van der Waals surface area contributed by atoms with Crippen LogP contribution in [0, 0.1) is 6.92 Å². The monoisotopic (exact) mass is 493 g/mol. The van der Waals surface area contributed by atoms with E-state index in [0.29, 0.717) is 11.8 Å². The number of carbonyl (C=O) groups is 1. The Kier molecular flexibility index (Phi) is 5.55. The number of thiophene rings is 1. The number of thioether (sulfide) groups is 1. The minimum atomic E-state index is 0.126. The number of carbonyl (C=O) groups excluding carboxylic acids is 1. The molecular formula is C24H23N5OS3. The summed E-state index contributed by atoms with van der Waals surface area (Å²) in [5, 5.41) is 15.0. The third-order valence-corrected chi connectivity index (χ3v) is 8.65. The molecule has 0 atom stereocenters. The predicted octanol–water partition coefficient (Wildman–Crippen LogP) is 5.38. The van der Waals surface area contributed by atoms with Gasteiger partial charge in [0, 0.05) is 40.5 Å². The van der Waals surface area contributed by atoms with Gasteiger partial charge < -0.3 is 9.47 Å². The van der Waals surface area contributed by atoms with Crippen molar-refractivity contribution in [3.63, 3.8) is 0 Å². The van der Waals surface area contributed by atoms with Gasteiger partial charge in [-0.3, -0.25) is 4.79 Å². The van der Waals surface area contributed by atoms with Crippen LogP contribution in [-0.4, -0.2) is 38.0 Å². The number of rotatable bonds is 7. The molecule has 2 aliphatic rings. The average Bonchev–Trinajstić information content (AvgIpc) is 3.24. The van der Waals surface area contributed by atoms with E-state index in [1.165, 1.54) is 22.2 Å². The number of benzene rings is 1. The fraction of sp³-hybridized carbons (Fsp3) is 0.333. The number of nitrogens with zero attached hydrogens (tertiary/aromatic N) is 5. The van der Waals surface area contributed by atoms with Crippen molar-refractivity contribution in [3.8, 4) is 11.3 Å². The molecule has 4 heterocycles. The van der Waals surface area contributed by atoms with Crippen LogP contribution in [0.2, 0.25) is 0 Å². The van der Waals surface area contributed by atoms with Crippen molar-refractivity contribution in [3.05, 3.63) is 62.4 Å². The molecule has 0 bridgehead atoms. The Morgan fingerprint density at radius 3 is 2.88 bits per heavy atom. The van der Waals surface area contributed by atoms with E-state index < -0.39 is 0 Å². The van der Waals surface area contributed by atoms with Gasteiger partial charge >= 0.3 is 0 Å². The second-order valence-electron chi connectivity index (χ2n) is 8.44. The van der Waals surface area contributed by atoms with E-state index in [-0.39, 0.29) is 5.91 Å². The van der Waals surface area contributed by atoms with E-state index in [2.05, 4.69) is 60.8 Å². The molecular weight excluding hydrogens is 470 g/mol. The van der Waals surface area contributed by atoms with Crippen LogP contribution < -0.4 is 4.90 Å². The Hall–Kier alpha value is -2.49. The lowest BCUT2D eigenvalue weighted by atomic mass is 10.1. The number of hydrogen-bond acceptors (Lipinski definition) is 7. The third kappa shape index (κ3) is 4.25. The van der Waals surface area contributed by atoms with E-state index in [9.17, 15) is 4.79 Å². The molecule has 1 aromatic carbocycles. The summed E-state index contributed by atoms with van der Waals surface area (Å²) in [7, 11) is 0. The van der Waals surface area contributed by atoms with Crippen LogP contribution >= 0.6 is 34.4 Å². The standard InChI is InChI=1S/C24H23N5OS3/c1-15-25-20(13-32-15)16-4-7-21-17(11-16)8-9-28(21)23(30)14-33-24-27-26-22(29(24)18-5-6-18)12-19-3-2-10-31-19/h2-4,7,10-11,13,18H,5-6,8-9,12,14H2,1H3. The summed E-state index contributed by atoms with van der Waals surface area (Å²) in [5.41, 5.74) is 4.38. The average molecular weight is 494 g/mol. The first-order chi connectivity index (χ1) is 16.2. The van der Waals surface area contributed by atoms with Crippen LogP contribution in [-0.2, 0) is 17.6 Å². The van der Waals surface area contributed by atoms with Crippen molar-refractivity contribution < 1.29 is 4.79 Å².